The van der Waals surface area contributed by atoms with Crippen molar-refractivity contribution in [3.8, 4) is 0 Å². The van der Waals surface area contributed by atoms with Crippen molar-refractivity contribution in [2.75, 3.05) is 0 Å². The maximum absolute atomic E-state index is 4.27. The Kier molecular flexibility index (Phi) is 4.60. The molecule has 0 spiro atoms. The van der Waals surface area contributed by atoms with Crippen LogP contribution in [0.5, 0.6) is 0 Å². The highest BCUT2D eigenvalue weighted by molar-refractivity contribution is 5.02. The van der Waals surface area contributed by atoms with Gasteiger partial charge < -0.3 is 5.32 Å². The van der Waals surface area contributed by atoms with Crippen LogP contribution in [0.1, 0.15) is 32.9 Å². The summed E-state index contributed by atoms with van der Waals surface area (Å²) < 4.78 is 0. The lowest BCUT2D eigenvalue weighted by atomic mass is 10.1. The van der Waals surface area contributed by atoms with E-state index in [1.165, 1.54) is 6.42 Å². The SMILES string of the molecule is CC(C)C[C@@H](C)NCc1ccccn1. The van der Waals surface area contributed by atoms with Gasteiger partial charge in [0.1, 0.15) is 0 Å². The van der Waals surface area contributed by atoms with Crippen LogP contribution in [0.25, 0.3) is 0 Å². The quantitative estimate of drug-likeness (QED) is 0.775. The zero-order valence-corrected chi connectivity index (χ0v) is 9.33. The number of pyridine rings is 1. The second kappa shape index (κ2) is 5.76. The van der Waals surface area contributed by atoms with E-state index in [-0.39, 0.29) is 0 Å². The number of aromatic nitrogens is 1. The molecule has 0 unspecified atom stereocenters. The van der Waals surface area contributed by atoms with Crippen molar-refractivity contribution < 1.29 is 0 Å². The standard InChI is InChI=1S/C12H20N2/c1-10(2)8-11(3)14-9-12-6-4-5-7-13-12/h4-7,10-11,14H,8-9H2,1-3H3/t11-/m1/s1. The van der Waals surface area contributed by atoms with Crippen LogP contribution in [0, 0.1) is 5.92 Å². The predicted octanol–water partition coefficient (Wildman–Crippen LogP) is 2.61. The minimum atomic E-state index is 0.567. The van der Waals surface area contributed by atoms with E-state index in [4.69, 9.17) is 0 Å². The Labute approximate surface area is 86.8 Å². The van der Waals surface area contributed by atoms with Crippen LogP contribution in [0.15, 0.2) is 24.4 Å². The molecule has 14 heavy (non-hydrogen) atoms. The molecule has 0 aromatic carbocycles. The second-order valence-electron chi connectivity index (χ2n) is 4.23. The molecule has 0 aliphatic rings. The van der Waals surface area contributed by atoms with E-state index in [0.717, 1.165) is 18.2 Å². The van der Waals surface area contributed by atoms with Gasteiger partial charge in [0.15, 0.2) is 0 Å². The summed E-state index contributed by atoms with van der Waals surface area (Å²) in [7, 11) is 0. The first-order valence-corrected chi connectivity index (χ1v) is 5.31. The molecule has 1 rings (SSSR count). The fourth-order valence-electron chi connectivity index (χ4n) is 1.57. The third-order valence-electron chi connectivity index (χ3n) is 2.18. The van der Waals surface area contributed by atoms with E-state index >= 15 is 0 Å². The summed E-state index contributed by atoms with van der Waals surface area (Å²) in [6, 6.07) is 6.59. The van der Waals surface area contributed by atoms with Gasteiger partial charge >= 0.3 is 0 Å². The second-order valence-corrected chi connectivity index (χ2v) is 4.23. The van der Waals surface area contributed by atoms with E-state index in [9.17, 15) is 0 Å². The number of nitrogens with zero attached hydrogens (tertiary/aromatic N) is 1. The fraction of sp³-hybridized carbons (Fsp3) is 0.583. The summed E-state index contributed by atoms with van der Waals surface area (Å²) in [5, 5.41) is 3.47. The minimum absolute atomic E-state index is 0.567. The van der Waals surface area contributed by atoms with Gasteiger partial charge in [0.05, 0.1) is 5.69 Å². The number of hydrogen-bond acceptors (Lipinski definition) is 2. The average Bonchev–Trinajstić information content (AvgIpc) is 2.15. The number of nitrogens with one attached hydrogen (secondary N) is 1. The predicted molar refractivity (Wildman–Crippen MR) is 60.0 cm³/mol. The lowest BCUT2D eigenvalue weighted by Gasteiger charge is -2.15. The van der Waals surface area contributed by atoms with Gasteiger partial charge in [0.2, 0.25) is 0 Å². The maximum Gasteiger partial charge on any atom is 0.0541 e. The normalized spacial score (nSPS) is 13.1. The zero-order valence-electron chi connectivity index (χ0n) is 9.33. The largest absolute Gasteiger partial charge is 0.309 e. The zero-order chi connectivity index (χ0) is 10.4. The van der Waals surface area contributed by atoms with Gasteiger partial charge in [0, 0.05) is 18.8 Å². The molecule has 1 N–H and O–H groups in total. The summed E-state index contributed by atoms with van der Waals surface area (Å²) >= 11 is 0. The first-order valence-electron chi connectivity index (χ1n) is 5.31. The van der Waals surface area contributed by atoms with Crippen LogP contribution < -0.4 is 5.32 Å². The Balaban J connectivity index is 2.27. The van der Waals surface area contributed by atoms with E-state index in [0.29, 0.717) is 6.04 Å². The Bertz CT molecular complexity index is 244. The van der Waals surface area contributed by atoms with Crippen LogP contribution in [-0.4, -0.2) is 11.0 Å². The van der Waals surface area contributed by atoms with Crippen LogP contribution in [0.2, 0.25) is 0 Å². The molecule has 78 valence electrons. The fourth-order valence-corrected chi connectivity index (χ4v) is 1.57. The maximum atomic E-state index is 4.27. The smallest absolute Gasteiger partial charge is 0.0541 e. The number of rotatable bonds is 5. The third-order valence-corrected chi connectivity index (χ3v) is 2.18. The van der Waals surface area contributed by atoms with Crippen LogP contribution in [0.4, 0.5) is 0 Å². The molecule has 0 saturated heterocycles. The van der Waals surface area contributed by atoms with Crippen molar-refractivity contribution in [1.29, 1.82) is 0 Å². The summed E-state index contributed by atoms with van der Waals surface area (Å²) in [6.07, 6.45) is 3.05. The number of hydrogen-bond donors (Lipinski definition) is 1. The molecule has 1 aromatic rings. The molecular formula is C12H20N2. The van der Waals surface area contributed by atoms with Gasteiger partial charge in [0.25, 0.3) is 0 Å². The van der Waals surface area contributed by atoms with Crippen molar-refractivity contribution in [2.45, 2.75) is 39.8 Å². The van der Waals surface area contributed by atoms with Gasteiger partial charge in [-0.3, -0.25) is 4.98 Å². The molecule has 0 bridgehead atoms. The first-order chi connectivity index (χ1) is 6.68. The summed E-state index contributed by atoms with van der Waals surface area (Å²) in [5.74, 6) is 0.751. The topological polar surface area (TPSA) is 24.9 Å². The molecular weight excluding hydrogens is 172 g/mol. The summed E-state index contributed by atoms with van der Waals surface area (Å²) in [6.45, 7) is 7.59. The Hall–Kier alpha value is -0.890. The lowest BCUT2D eigenvalue weighted by molar-refractivity contribution is 0.439. The highest BCUT2D eigenvalue weighted by atomic mass is 14.9. The van der Waals surface area contributed by atoms with Crippen molar-refractivity contribution in [3.63, 3.8) is 0 Å². The van der Waals surface area contributed by atoms with Crippen LogP contribution in [0.3, 0.4) is 0 Å². The van der Waals surface area contributed by atoms with Gasteiger partial charge in [-0.15, -0.1) is 0 Å². The highest BCUT2D eigenvalue weighted by Gasteiger charge is 2.03. The summed E-state index contributed by atoms with van der Waals surface area (Å²) in [4.78, 5) is 4.27. The molecule has 0 fully saturated rings. The van der Waals surface area contributed by atoms with Crippen molar-refractivity contribution >= 4 is 0 Å². The average molecular weight is 192 g/mol. The van der Waals surface area contributed by atoms with Gasteiger partial charge in [-0.05, 0) is 31.4 Å². The Morgan fingerprint density at radius 1 is 1.29 bits per heavy atom. The monoisotopic (exact) mass is 192 g/mol. The van der Waals surface area contributed by atoms with E-state index in [2.05, 4.69) is 37.1 Å². The van der Waals surface area contributed by atoms with Gasteiger partial charge in [-0.2, -0.15) is 0 Å². The molecule has 0 amide bonds. The summed E-state index contributed by atoms with van der Waals surface area (Å²) in [5.41, 5.74) is 1.11. The molecule has 0 aliphatic carbocycles. The van der Waals surface area contributed by atoms with Crippen molar-refractivity contribution in [1.82, 2.24) is 10.3 Å². The molecule has 2 nitrogen and oxygen atoms in total. The Morgan fingerprint density at radius 3 is 2.64 bits per heavy atom. The van der Waals surface area contributed by atoms with Gasteiger partial charge in [-0.25, -0.2) is 0 Å². The van der Waals surface area contributed by atoms with Crippen molar-refractivity contribution in [2.24, 2.45) is 5.92 Å². The van der Waals surface area contributed by atoms with Crippen LogP contribution >= 0.6 is 0 Å². The minimum Gasteiger partial charge on any atom is -0.309 e. The van der Waals surface area contributed by atoms with E-state index in [1.807, 2.05) is 18.3 Å². The lowest BCUT2D eigenvalue weighted by Crippen LogP contribution is -2.27. The molecule has 1 atom stereocenters. The highest BCUT2D eigenvalue weighted by Crippen LogP contribution is 2.04. The molecule has 1 heterocycles. The van der Waals surface area contributed by atoms with Crippen molar-refractivity contribution in [3.05, 3.63) is 30.1 Å². The Morgan fingerprint density at radius 2 is 2.07 bits per heavy atom. The van der Waals surface area contributed by atoms with Crippen LogP contribution in [-0.2, 0) is 6.54 Å². The molecule has 2 heteroatoms. The van der Waals surface area contributed by atoms with E-state index < -0.39 is 0 Å². The molecule has 0 aliphatic heterocycles. The molecule has 0 radical (unpaired) electrons. The van der Waals surface area contributed by atoms with E-state index in [1.54, 1.807) is 0 Å². The molecule has 1 aromatic heterocycles. The molecule has 0 saturated carbocycles. The third kappa shape index (κ3) is 4.38. The van der Waals surface area contributed by atoms with Gasteiger partial charge in [-0.1, -0.05) is 19.9 Å². The first kappa shape index (κ1) is 11.2.